The number of carbonyl (C=O) groups excluding carboxylic acids is 1. The minimum atomic E-state index is -4.13. The third-order valence-electron chi connectivity index (χ3n) is 2.67. The number of hydrogen-bond acceptors (Lipinski definition) is 4. The Labute approximate surface area is 133 Å². The summed E-state index contributed by atoms with van der Waals surface area (Å²) in [6, 6.07) is 12.7. The number of carbonyl (C=O) groups is 1. The Hall–Kier alpha value is -2.15. The van der Waals surface area contributed by atoms with Gasteiger partial charge in [0, 0.05) is 16.1 Å². The SMILES string of the molecule is NS(=O)(=O)Oc1ccccc1/C=C/C(=O)c1ccc(Cl)cc1. The molecule has 0 spiro atoms. The van der Waals surface area contributed by atoms with Crippen molar-refractivity contribution in [2.45, 2.75) is 0 Å². The fourth-order valence-electron chi connectivity index (χ4n) is 1.70. The van der Waals surface area contributed by atoms with Crippen LogP contribution in [0.3, 0.4) is 0 Å². The normalized spacial score (nSPS) is 11.5. The van der Waals surface area contributed by atoms with Gasteiger partial charge in [0.25, 0.3) is 0 Å². The van der Waals surface area contributed by atoms with Crippen molar-refractivity contribution in [2.75, 3.05) is 0 Å². The zero-order valence-electron chi connectivity index (χ0n) is 11.3. The molecule has 0 atom stereocenters. The van der Waals surface area contributed by atoms with Gasteiger partial charge in [0.2, 0.25) is 0 Å². The van der Waals surface area contributed by atoms with Crippen LogP contribution in [0.15, 0.2) is 54.6 Å². The van der Waals surface area contributed by atoms with E-state index in [9.17, 15) is 13.2 Å². The van der Waals surface area contributed by atoms with Crippen LogP contribution in [0, 0.1) is 0 Å². The van der Waals surface area contributed by atoms with E-state index < -0.39 is 10.3 Å². The Kier molecular flexibility index (Phi) is 4.97. The molecule has 7 heteroatoms. The summed E-state index contributed by atoms with van der Waals surface area (Å²) >= 11 is 5.76. The minimum absolute atomic E-state index is 0.0464. The van der Waals surface area contributed by atoms with Crippen LogP contribution in [0.4, 0.5) is 0 Å². The molecule has 2 N–H and O–H groups in total. The Balaban J connectivity index is 2.23. The molecule has 0 aliphatic carbocycles. The molecule has 2 rings (SSSR count). The van der Waals surface area contributed by atoms with Crippen LogP contribution in [0.1, 0.15) is 15.9 Å². The smallest absolute Gasteiger partial charge is 0.370 e. The van der Waals surface area contributed by atoms with E-state index in [4.69, 9.17) is 16.7 Å². The zero-order valence-corrected chi connectivity index (χ0v) is 12.8. The van der Waals surface area contributed by atoms with E-state index in [0.29, 0.717) is 16.1 Å². The molecular weight excluding hydrogens is 326 g/mol. The van der Waals surface area contributed by atoms with E-state index >= 15 is 0 Å². The van der Waals surface area contributed by atoms with Gasteiger partial charge in [-0.05, 0) is 42.5 Å². The highest BCUT2D eigenvalue weighted by Gasteiger charge is 2.08. The van der Waals surface area contributed by atoms with E-state index in [-0.39, 0.29) is 11.5 Å². The second kappa shape index (κ2) is 6.74. The summed E-state index contributed by atoms with van der Waals surface area (Å²) in [4.78, 5) is 12.0. The van der Waals surface area contributed by atoms with Crippen LogP contribution in [-0.2, 0) is 10.3 Å². The molecule has 0 saturated heterocycles. The molecule has 114 valence electrons. The lowest BCUT2D eigenvalue weighted by Gasteiger charge is -2.05. The van der Waals surface area contributed by atoms with Crippen LogP contribution < -0.4 is 9.32 Å². The molecule has 22 heavy (non-hydrogen) atoms. The third kappa shape index (κ3) is 4.70. The van der Waals surface area contributed by atoms with Gasteiger partial charge >= 0.3 is 10.3 Å². The van der Waals surface area contributed by atoms with Crippen LogP contribution in [0.25, 0.3) is 6.08 Å². The Morgan fingerprint density at radius 3 is 2.36 bits per heavy atom. The van der Waals surface area contributed by atoms with E-state index in [0.717, 1.165) is 0 Å². The molecule has 2 aromatic carbocycles. The molecule has 2 aromatic rings. The average Bonchev–Trinajstić information content (AvgIpc) is 2.45. The van der Waals surface area contributed by atoms with E-state index in [1.165, 1.54) is 18.2 Å². The number of ketones is 1. The van der Waals surface area contributed by atoms with Gasteiger partial charge in [-0.25, -0.2) is 0 Å². The van der Waals surface area contributed by atoms with Crippen LogP contribution in [-0.4, -0.2) is 14.2 Å². The maximum Gasteiger partial charge on any atom is 0.380 e. The quantitative estimate of drug-likeness (QED) is 0.671. The molecule has 0 fully saturated rings. The van der Waals surface area contributed by atoms with Gasteiger partial charge in [-0.2, -0.15) is 13.6 Å². The van der Waals surface area contributed by atoms with Gasteiger partial charge in [-0.1, -0.05) is 29.8 Å². The summed E-state index contributed by atoms with van der Waals surface area (Å²) in [5.41, 5.74) is 0.879. The fraction of sp³-hybridized carbons (Fsp3) is 0. The molecule has 0 saturated carbocycles. The maximum absolute atomic E-state index is 12.0. The monoisotopic (exact) mass is 337 g/mol. The molecule has 0 amide bonds. The zero-order chi connectivity index (χ0) is 16.2. The maximum atomic E-state index is 12.0. The summed E-state index contributed by atoms with van der Waals surface area (Å²) in [6.45, 7) is 0. The van der Waals surface area contributed by atoms with Gasteiger partial charge < -0.3 is 4.18 Å². The van der Waals surface area contributed by atoms with Gasteiger partial charge in [0.15, 0.2) is 11.5 Å². The molecule has 0 radical (unpaired) electrons. The molecule has 0 aromatic heterocycles. The van der Waals surface area contributed by atoms with Crippen molar-refractivity contribution in [3.8, 4) is 5.75 Å². The highest BCUT2D eigenvalue weighted by Crippen LogP contribution is 2.21. The van der Waals surface area contributed by atoms with Crippen molar-refractivity contribution in [2.24, 2.45) is 5.14 Å². The van der Waals surface area contributed by atoms with Crippen molar-refractivity contribution < 1.29 is 17.4 Å². The average molecular weight is 338 g/mol. The highest BCUT2D eigenvalue weighted by molar-refractivity contribution is 7.84. The van der Waals surface area contributed by atoms with Crippen molar-refractivity contribution in [3.05, 3.63) is 70.8 Å². The first-order valence-corrected chi connectivity index (χ1v) is 7.99. The molecule has 0 aliphatic heterocycles. The molecule has 0 unspecified atom stereocenters. The summed E-state index contributed by atoms with van der Waals surface area (Å²) in [5, 5.41) is 5.38. The van der Waals surface area contributed by atoms with E-state index in [1.807, 2.05) is 0 Å². The molecular formula is C15H12ClNO4S. The first-order chi connectivity index (χ1) is 10.3. The van der Waals surface area contributed by atoms with Gasteiger partial charge in [-0.15, -0.1) is 0 Å². The second-order valence-electron chi connectivity index (χ2n) is 4.32. The fourth-order valence-corrected chi connectivity index (χ4v) is 2.22. The predicted molar refractivity (Wildman–Crippen MR) is 85.0 cm³/mol. The van der Waals surface area contributed by atoms with Crippen LogP contribution >= 0.6 is 11.6 Å². The Bertz CT molecular complexity index is 814. The van der Waals surface area contributed by atoms with Crippen molar-refractivity contribution in [1.82, 2.24) is 0 Å². The number of hydrogen-bond donors (Lipinski definition) is 1. The first-order valence-electron chi connectivity index (χ1n) is 6.14. The number of halogens is 1. The predicted octanol–water partition coefficient (Wildman–Crippen LogP) is 2.82. The topological polar surface area (TPSA) is 86.5 Å². The molecule has 0 aliphatic rings. The Morgan fingerprint density at radius 1 is 1.09 bits per heavy atom. The van der Waals surface area contributed by atoms with Crippen molar-refractivity contribution in [1.29, 1.82) is 0 Å². The van der Waals surface area contributed by atoms with Crippen molar-refractivity contribution in [3.63, 3.8) is 0 Å². The first kappa shape index (κ1) is 16.2. The molecule has 5 nitrogen and oxygen atoms in total. The highest BCUT2D eigenvalue weighted by atomic mass is 35.5. The van der Waals surface area contributed by atoms with E-state index in [1.54, 1.807) is 42.5 Å². The standard InChI is InChI=1S/C15H12ClNO4S/c16-13-8-5-11(6-9-13)14(18)10-7-12-3-1-2-4-15(12)21-22(17,19)20/h1-10H,(H2,17,19,20)/b10-7+. The van der Waals surface area contributed by atoms with Gasteiger partial charge in [-0.3, -0.25) is 4.79 Å². The molecule has 0 bridgehead atoms. The number of benzene rings is 2. The summed E-state index contributed by atoms with van der Waals surface area (Å²) < 4.78 is 26.6. The number of rotatable bonds is 5. The number of para-hydroxylation sites is 1. The molecule has 0 heterocycles. The van der Waals surface area contributed by atoms with Gasteiger partial charge in [0.05, 0.1) is 0 Å². The minimum Gasteiger partial charge on any atom is -0.370 e. The van der Waals surface area contributed by atoms with Gasteiger partial charge in [0.1, 0.15) is 0 Å². The lowest BCUT2D eigenvalue weighted by atomic mass is 10.1. The summed E-state index contributed by atoms with van der Waals surface area (Å²) in [5.74, 6) is -0.202. The second-order valence-corrected chi connectivity index (χ2v) is 5.91. The Morgan fingerprint density at radius 2 is 1.73 bits per heavy atom. The summed E-state index contributed by atoms with van der Waals surface area (Å²) in [7, 11) is -4.13. The number of allylic oxidation sites excluding steroid dienone is 1. The lowest BCUT2D eigenvalue weighted by molar-refractivity contribution is 0.104. The van der Waals surface area contributed by atoms with Crippen LogP contribution in [0.5, 0.6) is 5.75 Å². The van der Waals surface area contributed by atoms with Crippen molar-refractivity contribution >= 4 is 33.8 Å². The lowest BCUT2D eigenvalue weighted by Crippen LogP contribution is -2.19. The largest absolute Gasteiger partial charge is 0.380 e. The summed E-state index contributed by atoms with van der Waals surface area (Å²) in [6.07, 6.45) is 2.77. The third-order valence-corrected chi connectivity index (χ3v) is 3.33. The van der Waals surface area contributed by atoms with Crippen LogP contribution in [0.2, 0.25) is 5.02 Å². The number of nitrogens with two attached hydrogens (primary N) is 1. The van der Waals surface area contributed by atoms with E-state index in [2.05, 4.69) is 4.18 Å².